The normalized spacial score (nSPS) is 10.9. The van der Waals surface area contributed by atoms with Gasteiger partial charge in [0, 0.05) is 18.8 Å². The predicted octanol–water partition coefficient (Wildman–Crippen LogP) is 2.07. The van der Waals surface area contributed by atoms with Crippen LogP contribution in [0.2, 0.25) is 5.02 Å². The van der Waals surface area contributed by atoms with Gasteiger partial charge in [-0.05, 0) is 13.0 Å². The first-order chi connectivity index (χ1) is 8.28. The summed E-state index contributed by atoms with van der Waals surface area (Å²) < 4.78 is 6.93. The molecule has 2 aromatic rings. The first-order valence-corrected chi connectivity index (χ1v) is 5.99. The molecule has 0 saturated carbocycles. The topological polar surface area (TPSA) is 55.9 Å². The highest BCUT2D eigenvalue weighted by Gasteiger charge is 2.05. The maximum atomic E-state index is 5.78. The van der Waals surface area contributed by atoms with Crippen molar-refractivity contribution in [2.45, 2.75) is 26.4 Å². The van der Waals surface area contributed by atoms with Crippen molar-refractivity contribution in [1.29, 1.82) is 0 Å². The molecule has 5 nitrogen and oxygen atoms in total. The Morgan fingerprint density at radius 2 is 2.41 bits per heavy atom. The van der Waals surface area contributed by atoms with Crippen molar-refractivity contribution in [2.24, 2.45) is 0 Å². The zero-order valence-electron chi connectivity index (χ0n) is 9.69. The van der Waals surface area contributed by atoms with Crippen LogP contribution in [0.5, 0.6) is 0 Å². The van der Waals surface area contributed by atoms with Gasteiger partial charge in [0.15, 0.2) is 5.76 Å². The molecule has 0 saturated heterocycles. The molecule has 2 heterocycles. The molecule has 0 aliphatic heterocycles. The summed E-state index contributed by atoms with van der Waals surface area (Å²) >= 11 is 5.78. The number of aromatic nitrogens is 3. The molecule has 0 aromatic carbocycles. The van der Waals surface area contributed by atoms with Gasteiger partial charge in [0.2, 0.25) is 0 Å². The second-order valence-electron chi connectivity index (χ2n) is 3.82. The molecule has 17 heavy (non-hydrogen) atoms. The Hall–Kier alpha value is -1.33. The molecule has 0 atom stereocenters. The van der Waals surface area contributed by atoms with Crippen LogP contribution in [-0.2, 0) is 13.1 Å². The van der Waals surface area contributed by atoms with Crippen LogP contribution in [0, 0.1) is 0 Å². The summed E-state index contributed by atoms with van der Waals surface area (Å²) in [5, 5.41) is 11.9. The van der Waals surface area contributed by atoms with Gasteiger partial charge in [0.1, 0.15) is 6.54 Å². The molecular weight excluding hydrogens is 240 g/mol. The lowest BCUT2D eigenvalue weighted by Gasteiger charge is -1.96. The van der Waals surface area contributed by atoms with Crippen LogP contribution in [0.4, 0.5) is 0 Å². The van der Waals surface area contributed by atoms with Gasteiger partial charge in [-0.25, -0.2) is 0 Å². The van der Waals surface area contributed by atoms with Gasteiger partial charge in [-0.15, -0.1) is 0 Å². The molecule has 2 aromatic heterocycles. The Kier molecular flexibility index (Phi) is 4.17. The van der Waals surface area contributed by atoms with Gasteiger partial charge in [0.05, 0.1) is 16.9 Å². The Morgan fingerprint density at radius 1 is 1.53 bits per heavy atom. The third kappa shape index (κ3) is 3.57. The molecule has 92 valence electrons. The molecule has 1 N–H and O–H groups in total. The molecular formula is C11H15ClN4O. The van der Waals surface area contributed by atoms with E-state index in [0.717, 1.165) is 31.0 Å². The van der Waals surface area contributed by atoms with E-state index in [1.165, 1.54) is 0 Å². The van der Waals surface area contributed by atoms with E-state index in [1.807, 2.05) is 6.07 Å². The SMILES string of the molecule is CCCNCc1cc(Cn2cc(Cl)cn2)on1. The largest absolute Gasteiger partial charge is 0.359 e. The highest BCUT2D eigenvalue weighted by molar-refractivity contribution is 6.30. The first-order valence-electron chi connectivity index (χ1n) is 5.61. The summed E-state index contributed by atoms with van der Waals surface area (Å²) in [5.41, 5.74) is 0.909. The molecule has 0 bridgehead atoms. The number of rotatable bonds is 6. The molecule has 0 aliphatic rings. The summed E-state index contributed by atoms with van der Waals surface area (Å²) in [5.74, 6) is 0.776. The maximum absolute atomic E-state index is 5.78. The molecule has 2 rings (SSSR count). The van der Waals surface area contributed by atoms with E-state index in [1.54, 1.807) is 17.1 Å². The molecule has 0 unspecified atom stereocenters. The molecule has 0 spiro atoms. The van der Waals surface area contributed by atoms with E-state index in [9.17, 15) is 0 Å². The van der Waals surface area contributed by atoms with E-state index in [4.69, 9.17) is 16.1 Å². The number of hydrogen-bond acceptors (Lipinski definition) is 4. The van der Waals surface area contributed by atoms with Crippen molar-refractivity contribution in [1.82, 2.24) is 20.3 Å². The third-order valence-electron chi connectivity index (χ3n) is 2.26. The predicted molar refractivity (Wildman–Crippen MR) is 64.8 cm³/mol. The van der Waals surface area contributed by atoms with Crippen molar-refractivity contribution in [3.05, 3.63) is 34.9 Å². The molecule has 0 radical (unpaired) electrons. The minimum Gasteiger partial charge on any atom is -0.359 e. The fourth-order valence-corrected chi connectivity index (χ4v) is 1.65. The zero-order chi connectivity index (χ0) is 12.1. The molecule has 0 aliphatic carbocycles. The van der Waals surface area contributed by atoms with E-state index in [-0.39, 0.29) is 0 Å². The van der Waals surface area contributed by atoms with Crippen LogP contribution >= 0.6 is 11.6 Å². The Balaban J connectivity index is 1.89. The van der Waals surface area contributed by atoms with Gasteiger partial charge >= 0.3 is 0 Å². The summed E-state index contributed by atoms with van der Waals surface area (Å²) in [4.78, 5) is 0. The van der Waals surface area contributed by atoms with Crippen LogP contribution in [0.1, 0.15) is 24.8 Å². The second-order valence-corrected chi connectivity index (χ2v) is 4.25. The molecule has 0 amide bonds. The molecule has 6 heteroatoms. The highest BCUT2D eigenvalue weighted by atomic mass is 35.5. The van der Waals surface area contributed by atoms with E-state index in [2.05, 4.69) is 22.5 Å². The van der Waals surface area contributed by atoms with Crippen LogP contribution in [0.15, 0.2) is 23.0 Å². The minimum atomic E-state index is 0.549. The highest BCUT2D eigenvalue weighted by Crippen LogP contribution is 2.09. The fourth-order valence-electron chi connectivity index (χ4n) is 1.49. The van der Waals surface area contributed by atoms with Gasteiger partial charge in [-0.3, -0.25) is 4.68 Å². The van der Waals surface area contributed by atoms with Crippen molar-refractivity contribution >= 4 is 11.6 Å². The zero-order valence-corrected chi connectivity index (χ0v) is 10.4. The van der Waals surface area contributed by atoms with Crippen molar-refractivity contribution < 1.29 is 4.52 Å². The second kappa shape index (κ2) is 5.84. The summed E-state index contributed by atoms with van der Waals surface area (Å²) in [6, 6.07) is 1.93. The summed E-state index contributed by atoms with van der Waals surface area (Å²) in [7, 11) is 0. The fraction of sp³-hybridized carbons (Fsp3) is 0.455. The van der Waals surface area contributed by atoms with E-state index in [0.29, 0.717) is 11.6 Å². The van der Waals surface area contributed by atoms with Gasteiger partial charge in [0.25, 0.3) is 0 Å². The maximum Gasteiger partial charge on any atom is 0.158 e. The Labute approximate surface area is 105 Å². The lowest BCUT2D eigenvalue weighted by Crippen LogP contribution is -2.13. The van der Waals surface area contributed by atoms with Crippen LogP contribution < -0.4 is 5.32 Å². The Morgan fingerprint density at radius 3 is 3.12 bits per heavy atom. The van der Waals surface area contributed by atoms with Crippen molar-refractivity contribution in [2.75, 3.05) is 6.54 Å². The van der Waals surface area contributed by atoms with Gasteiger partial charge in [-0.1, -0.05) is 23.7 Å². The minimum absolute atomic E-state index is 0.549. The van der Waals surface area contributed by atoms with E-state index >= 15 is 0 Å². The van der Waals surface area contributed by atoms with Crippen LogP contribution in [-0.4, -0.2) is 21.5 Å². The number of hydrogen-bond donors (Lipinski definition) is 1. The summed E-state index contributed by atoms with van der Waals surface area (Å²) in [6.07, 6.45) is 4.46. The van der Waals surface area contributed by atoms with Crippen molar-refractivity contribution in [3.8, 4) is 0 Å². The standard InChI is InChI=1S/C11H15ClN4O/c1-2-3-13-6-10-4-11(17-15-10)8-16-7-9(12)5-14-16/h4-5,7,13H,2-3,6,8H2,1H3. The van der Waals surface area contributed by atoms with Crippen LogP contribution in [0.25, 0.3) is 0 Å². The van der Waals surface area contributed by atoms with Gasteiger partial charge < -0.3 is 9.84 Å². The van der Waals surface area contributed by atoms with Gasteiger partial charge in [-0.2, -0.15) is 5.10 Å². The Bertz CT molecular complexity index is 465. The smallest absolute Gasteiger partial charge is 0.158 e. The summed E-state index contributed by atoms with van der Waals surface area (Å²) in [6.45, 7) is 4.39. The average Bonchev–Trinajstić information content (AvgIpc) is 2.90. The average molecular weight is 255 g/mol. The molecule has 0 fully saturated rings. The monoisotopic (exact) mass is 254 g/mol. The number of halogens is 1. The lowest BCUT2D eigenvalue weighted by molar-refractivity contribution is 0.364. The number of nitrogens with one attached hydrogen (secondary N) is 1. The lowest BCUT2D eigenvalue weighted by atomic mass is 10.3. The first kappa shape index (κ1) is 12.1. The quantitative estimate of drug-likeness (QED) is 0.802. The van der Waals surface area contributed by atoms with Crippen LogP contribution in [0.3, 0.4) is 0 Å². The van der Waals surface area contributed by atoms with E-state index < -0.39 is 0 Å². The number of nitrogens with zero attached hydrogens (tertiary/aromatic N) is 3. The third-order valence-corrected chi connectivity index (χ3v) is 2.46. The van der Waals surface area contributed by atoms with Crippen molar-refractivity contribution in [3.63, 3.8) is 0 Å².